The fourth-order valence-corrected chi connectivity index (χ4v) is 2.15. The molecule has 0 saturated heterocycles. The molecular formula is C18H15ClF3NO4. The van der Waals surface area contributed by atoms with E-state index in [0.29, 0.717) is 11.8 Å². The summed E-state index contributed by atoms with van der Waals surface area (Å²) in [7, 11) is 0. The normalized spacial score (nSPS) is 12.2. The smallest absolute Gasteiger partial charge is 0.416 e. The summed E-state index contributed by atoms with van der Waals surface area (Å²) >= 11 is 5.78. The van der Waals surface area contributed by atoms with Crippen LogP contribution in [0.5, 0.6) is 5.75 Å². The number of rotatable bonds is 6. The zero-order valence-corrected chi connectivity index (χ0v) is 14.8. The van der Waals surface area contributed by atoms with Crippen LogP contribution in [0, 0.1) is 0 Å². The first-order valence-corrected chi connectivity index (χ1v) is 8.09. The van der Waals surface area contributed by atoms with Crippen molar-refractivity contribution in [3.63, 3.8) is 0 Å². The van der Waals surface area contributed by atoms with Gasteiger partial charge in [-0.1, -0.05) is 29.8 Å². The van der Waals surface area contributed by atoms with E-state index in [1.165, 1.54) is 6.92 Å². The van der Waals surface area contributed by atoms with Crippen molar-refractivity contribution in [2.24, 2.45) is 0 Å². The van der Waals surface area contributed by atoms with Crippen LogP contribution in [0.1, 0.15) is 12.5 Å². The fourth-order valence-electron chi connectivity index (χ4n) is 1.99. The molecular weight excluding hydrogens is 387 g/mol. The van der Waals surface area contributed by atoms with Crippen LogP contribution < -0.4 is 10.1 Å². The molecule has 1 atom stereocenters. The van der Waals surface area contributed by atoms with E-state index in [0.717, 1.165) is 12.1 Å². The topological polar surface area (TPSA) is 64.6 Å². The van der Waals surface area contributed by atoms with E-state index in [9.17, 15) is 22.8 Å². The molecule has 0 unspecified atom stereocenters. The largest absolute Gasteiger partial charge is 0.479 e. The fraction of sp³-hybridized carbons (Fsp3) is 0.222. The summed E-state index contributed by atoms with van der Waals surface area (Å²) in [5, 5.41) is 2.10. The van der Waals surface area contributed by atoms with Gasteiger partial charge in [-0.25, -0.2) is 4.79 Å². The van der Waals surface area contributed by atoms with Gasteiger partial charge >= 0.3 is 12.1 Å². The van der Waals surface area contributed by atoms with Crippen molar-refractivity contribution >= 4 is 29.2 Å². The summed E-state index contributed by atoms with van der Waals surface area (Å²) in [6.45, 7) is 0.741. The van der Waals surface area contributed by atoms with Gasteiger partial charge in [0, 0.05) is 0 Å². The minimum absolute atomic E-state index is 0.0801. The SMILES string of the molecule is C[C@@H](Oc1ccccc1)C(=O)OCC(=O)Nc1cc(C(F)(F)F)ccc1Cl. The zero-order chi connectivity index (χ0) is 20.0. The average molecular weight is 402 g/mol. The lowest BCUT2D eigenvalue weighted by Gasteiger charge is -2.14. The molecule has 144 valence electrons. The number of para-hydroxylation sites is 1. The van der Waals surface area contributed by atoms with Crippen molar-refractivity contribution in [2.45, 2.75) is 19.2 Å². The second-order valence-corrected chi connectivity index (χ2v) is 5.83. The highest BCUT2D eigenvalue weighted by Crippen LogP contribution is 2.33. The summed E-state index contributed by atoms with van der Waals surface area (Å²) in [5.41, 5.74) is -1.20. The number of hydrogen-bond donors (Lipinski definition) is 1. The molecule has 2 rings (SSSR count). The van der Waals surface area contributed by atoms with E-state index >= 15 is 0 Å². The lowest BCUT2D eigenvalue weighted by atomic mass is 10.2. The lowest BCUT2D eigenvalue weighted by Crippen LogP contribution is -2.29. The van der Waals surface area contributed by atoms with Crippen LogP contribution >= 0.6 is 11.6 Å². The van der Waals surface area contributed by atoms with Gasteiger partial charge in [0.25, 0.3) is 5.91 Å². The summed E-state index contributed by atoms with van der Waals surface area (Å²) in [4.78, 5) is 23.7. The van der Waals surface area contributed by atoms with Crippen LogP contribution in [0.3, 0.4) is 0 Å². The molecule has 0 radical (unpaired) electrons. The Hall–Kier alpha value is -2.74. The van der Waals surface area contributed by atoms with Gasteiger partial charge in [0.1, 0.15) is 5.75 Å². The van der Waals surface area contributed by atoms with Crippen LogP contribution in [0.4, 0.5) is 18.9 Å². The highest BCUT2D eigenvalue weighted by molar-refractivity contribution is 6.33. The minimum atomic E-state index is -4.58. The third-order valence-electron chi connectivity index (χ3n) is 3.30. The highest BCUT2D eigenvalue weighted by Gasteiger charge is 2.31. The molecule has 1 N–H and O–H groups in total. The van der Waals surface area contributed by atoms with Crippen LogP contribution in [0.2, 0.25) is 5.02 Å². The number of amides is 1. The molecule has 0 saturated carbocycles. The summed E-state index contributed by atoms with van der Waals surface area (Å²) in [5.74, 6) is -1.19. The quantitative estimate of drug-likeness (QED) is 0.733. The first-order chi connectivity index (χ1) is 12.7. The Morgan fingerprint density at radius 3 is 2.44 bits per heavy atom. The molecule has 0 aromatic heterocycles. The Morgan fingerprint density at radius 1 is 1.15 bits per heavy atom. The summed E-state index contributed by atoms with van der Waals surface area (Å²) in [6, 6.07) is 11.0. The van der Waals surface area contributed by atoms with E-state index in [2.05, 4.69) is 5.32 Å². The third-order valence-corrected chi connectivity index (χ3v) is 3.63. The molecule has 2 aromatic carbocycles. The predicted molar refractivity (Wildman–Crippen MR) is 92.6 cm³/mol. The van der Waals surface area contributed by atoms with Crippen LogP contribution in [-0.4, -0.2) is 24.6 Å². The maximum absolute atomic E-state index is 12.7. The number of halogens is 4. The molecule has 9 heteroatoms. The Bertz CT molecular complexity index is 812. The van der Waals surface area contributed by atoms with Crippen molar-refractivity contribution in [3.05, 3.63) is 59.1 Å². The first kappa shape index (κ1) is 20.6. The molecule has 0 heterocycles. The molecule has 1 amide bonds. The molecule has 27 heavy (non-hydrogen) atoms. The van der Waals surface area contributed by atoms with Gasteiger partial charge in [-0.2, -0.15) is 13.2 Å². The highest BCUT2D eigenvalue weighted by atomic mass is 35.5. The van der Waals surface area contributed by atoms with Crippen molar-refractivity contribution in [1.82, 2.24) is 0 Å². The van der Waals surface area contributed by atoms with E-state index in [-0.39, 0.29) is 10.7 Å². The van der Waals surface area contributed by atoms with Crippen LogP contribution in [0.25, 0.3) is 0 Å². The molecule has 0 fully saturated rings. The molecule has 0 aliphatic carbocycles. The number of hydrogen-bond acceptors (Lipinski definition) is 4. The van der Waals surface area contributed by atoms with Gasteiger partial charge in [-0.3, -0.25) is 4.79 Å². The van der Waals surface area contributed by atoms with Gasteiger partial charge < -0.3 is 14.8 Å². The van der Waals surface area contributed by atoms with Gasteiger partial charge in [0.2, 0.25) is 0 Å². The summed E-state index contributed by atoms with van der Waals surface area (Å²) in [6.07, 6.45) is -5.56. The Labute approximate surface area is 158 Å². The maximum Gasteiger partial charge on any atom is 0.416 e. The van der Waals surface area contributed by atoms with Gasteiger partial charge in [0.15, 0.2) is 12.7 Å². The van der Waals surface area contributed by atoms with Gasteiger partial charge in [0.05, 0.1) is 16.3 Å². The number of anilines is 1. The molecule has 0 aliphatic heterocycles. The predicted octanol–water partition coefficient (Wildman–Crippen LogP) is 4.31. The van der Waals surface area contributed by atoms with E-state index in [1.54, 1.807) is 30.3 Å². The number of carbonyl (C=O) groups excluding carboxylic acids is 2. The zero-order valence-electron chi connectivity index (χ0n) is 14.0. The Morgan fingerprint density at radius 2 is 1.81 bits per heavy atom. The summed E-state index contributed by atoms with van der Waals surface area (Å²) < 4.78 is 48.3. The second-order valence-electron chi connectivity index (χ2n) is 5.42. The van der Waals surface area contributed by atoms with Gasteiger partial charge in [-0.15, -0.1) is 0 Å². The number of carbonyl (C=O) groups is 2. The minimum Gasteiger partial charge on any atom is -0.479 e. The Balaban J connectivity index is 1.90. The lowest BCUT2D eigenvalue weighted by molar-refractivity contribution is -0.153. The third kappa shape index (κ3) is 6.18. The second kappa shape index (κ2) is 8.77. The van der Waals surface area contributed by atoms with Gasteiger partial charge in [-0.05, 0) is 37.3 Å². The molecule has 0 bridgehead atoms. The Kier molecular flexibility index (Phi) is 6.68. The standard InChI is InChI=1S/C18H15ClF3NO4/c1-11(27-13-5-3-2-4-6-13)17(25)26-10-16(24)23-15-9-12(18(20,21)22)7-8-14(15)19/h2-9,11H,10H2,1H3,(H,23,24)/t11-/m1/s1. The maximum atomic E-state index is 12.7. The first-order valence-electron chi connectivity index (χ1n) is 7.72. The van der Waals surface area contributed by atoms with E-state index < -0.39 is 36.3 Å². The van der Waals surface area contributed by atoms with Crippen LogP contribution in [-0.2, 0) is 20.5 Å². The number of benzene rings is 2. The van der Waals surface area contributed by atoms with Crippen molar-refractivity contribution < 1.29 is 32.2 Å². The van der Waals surface area contributed by atoms with E-state index in [1.807, 2.05) is 0 Å². The van der Waals surface area contributed by atoms with Crippen molar-refractivity contribution in [3.8, 4) is 5.75 Å². The van der Waals surface area contributed by atoms with Crippen molar-refractivity contribution in [2.75, 3.05) is 11.9 Å². The van der Waals surface area contributed by atoms with E-state index in [4.69, 9.17) is 21.1 Å². The molecule has 0 spiro atoms. The van der Waals surface area contributed by atoms with Crippen LogP contribution in [0.15, 0.2) is 48.5 Å². The monoisotopic (exact) mass is 401 g/mol. The molecule has 2 aromatic rings. The molecule has 0 aliphatic rings. The average Bonchev–Trinajstić information content (AvgIpc) is 2.61. The number of ether oxygens (including phenoxy) is 2. The number of esters is 1. The molecule has 5 nitrogen and oxygen atoms in total. The number of alkyl halides is 3. The number of nitrogens with one attached hydrogen (secondary N) is 1. The van der Waals surface area contributed by atoms with Crippen molar-refractivity contribution in [1.29, 1.82) is 0 Å².